The van der Waals surface area contributed by atoms with Crippen LogP contribution < -0.4 is 4.74 Å². The van der Waals surface area contributed by atoms with Gasteiger partial charge in [-0.25, -0.2) is 19.3 Å². The molecule has 0 amide bonds. The van der Waals surface area contributed by atoms with Gasteiger partial charge in [0.05, 0.1) is 24.3 Å². The quantitative estimate of drug-likeness (QED) is 0.164. The number of hydrogen-bond donors (Lipinski definition) is 2. The van der Waals surface area contributed by atoms with E-state index in [9.17, 15) is 9.90 Å². The molecule has 1 fully saturated rings. The fourth-order valence-corrected chi connectivity index (χ4v) is 7.21. The lowest BCUT2D eigenvalue weighted by Crippen LogP contribution is -2.40. The smallest absolute Gasteiger partial charge is 0.307 e. The lowest BCUT2D eigenvalue weighted by molar-refractivity contribution is -0.136. The number of aliphatic carboxylic acids is 1. The number of carbonyl (C=O) groups is 1. The minimum absolute atomic E-state index is 0.220. The van der Waals surface area contributed by atoms with Crippen LogP contribution in [0.5, 0.6) is 5.75 Å². The molecule has 296 valence electrons. The maximum Gasteiger partial charge on any atom is 0.307 e. The summed E-state index contributed by atoms with van der Waals surface area (Å²) in [7, 11) is 1.89. The van der Waals surface area contributed by atoms with Crippen LogP contribution in [0.4, 0.5) is 4.39 Å². The Morgan fingerprint density at radius 2 is 1.72 bits per heavy atom. The van der Waals surface area contributed by atoms with E-state index in [4.69, 9.17) is 24.5 Å². The molecular formula is C43H62FN5O5. The predicted octanol–water partition coefficient (Wildman–Crippen LogP) is 8.59. The van der Waals surface area contributed by atoms with E-state index in [-0.39, 0.29) is 12.3 Å². The molecule has 0 unspecified atom stereocenters. The van der Waals surface area contributed by atoms with Crippen molar-refractivity contribution >= 4 is 17.0 Å². The fraction of sp³-hybridized carbons (Fsp3) is 0.581. The zero-order valence-corrected chi connectivity index (χ0v) is 34.2. The zero-order valence-electron chi connectivity index (χ0n) is 34.2. The van der Waals surface area contributed by atoms with Gasteiger partial charge in [-0.05, 0) is 133 Å². The first-order valence-corrected chi connectivity index (χ1v) is 19.6. The van der Waals surface area contributed by atoms with Crippen LogP contribution in [0.25, 0.3) is 33.7 Å². The number of fused-ring (bicyclic) bond motifs is 2. The summed E-state index contributed by atoms with van der Waals surface area (Å²) >= 11 is 0. The third-order valence-electron chi connectivity index (χ3n) is 9.74. The van der Waals surface area contributed by atoms with Crippen LogP contribution in [0.3, 0.4) is 0 Å². The number of halogens is 1. The molecule has 0 saturated carbocycles. The van der Waals surface area contributed by atoms with Crippen LogP contribution in [0, 0.1) is 19.7 Å². The molecule has 1 aromatic carbocycles. The number of hydrogen-bond acceptors (Lipinski definition) is 8. The average molecular weight is 748 g/mol. The number of aromatic nitrogens is 4. The van der Waals surface area contributed by atoms with Crippen molar-refractivity contribution in [2.75, 3.05) is 32.9 Å². The normalized spacial score (nSPS) is 14.6. The van der Waals surface area contributed by atoms with E-state index in [0.29, 0.717) is 52.6 Å². The van der Waals surface area contributed by atoms with Crippen molar-refractivity contribution < 1.29 is 28.9 Å². The highest BCUT2D eigenvalue weighted by atomic mass is 19.1. The number of carboxylic acid groups (broad SMARTS) is 1. The highest BCUT2D eigenvalue weighted by Gasteiger charge is 2.27. The summed E-state index contributed by atoms with van der Waals surface area (Å²) in [5.41, 5.74) is 6.10. The van der Waals surface area contributed by atoms with E-state index in [1.807, 2.05) is 30.7 Å². The number of aliphatic hydroxyl groups is 1. The largest absolute Gasteiger partial charge is 0.490 e. The van der Waals surface area contributed by atoms with E-state index in [1.165, 1.54) is 44.8 Å². The number of nitrogens with zero attached hydrogens (tertiary/aromatic N) is 5. The maximum atomic E-state index is 15.3. The molecule has 5 heterocycles. The third-order valence-corrected chi connectivity index (χ3v) is 9.74. The molecule has 2 aliphatic heterocycles. The van der Waals surface area contributed by atoms with Gasteiger partial charge in [-0.1, -0.05) is 27.7 Å². The average Bonchev–Trinajstić information content (AvgIpc) is 3.45. The fourth-order valence-electron chi connectivity index (χ4n) is 7.21. The summed E-state index contributed by atoms with van der Waals surface area (Å²) < 4.78 is 28.2. The van der Waals surface area contributed by atoms with Crippen molar-refractivity contribution in [2.24, 2.45) is 7.05 Å². The van der Waals surface area contributed by atoms with Crippen molar-refractivity contribution in [3.05, 3.63) is 58.3 Å². The van der Waals surface area contributed by atoms with Crippen LogP contribution in [0.2, 0.25) is 0 Å². The minimum atomic E-state index is -0.968. The van der Waals surface area contributed by atoms with Gasteiger partial charge in [-0.2, -0.15) is 0 Å². The van der Waals surface area contributed by atoms with E-state index in [2.05, 4.69) is 37.6 Å². The Morgan fingerprint density at radius 3 is 2.31 bits per heavy atom. The van der Waals surface area contributed by atoms with Crippen molar-refractivity contribution in [1.82, 2.24) is 24.4 Å². The topological polar surface area (TPSA) is 123 Å². The van der Waals surface area contributed by atoms with Crippen LogP contribution in [0.1, 0.15) is 115 Å². The molecule has 0 aliphatic carbocycles. The molecule has 1 saturated heterocycles. The molecule has 6 rings (SSSR count). The number of aryl methyl sites for hydroxylation is 2. The first-order valence-electron chi connectivity index (χ1n) is 19.6. The summed E-state index contributed by atoms with van der Waals surface area (Å²) in [4.78, 5) is 28.6. The number of ether oxygens (including phenoxy) is 2. The van der Waals surface area contributed by atoms with Gasteiger partial charge in [0.15, 0.2) is 17.4 Å². The van der Waals surface area contributed by atoms with Gasteiger partial charge in [-0.3, -0.25) is 4.79 Å². The molecule has 54 heavy (non-hydrogen) atoms. The minimum Gasteiger partial charge on any atom is -0.490 e. The molecular weight excluding hydrogens is 686 g/mol. The van der Waals surface area contributed by atoms with Crippen molar-refractivity contribution in [2.45, 2.75) is 125 Å². The first kappa shape index (κ1) is 42.8. The van der Waals surface area contributed by atoms with Crippen LogP contribution >= 0.6 is 0 Å². The first-order chi connectivity index (χ1) is 25.5. The summed E-state index contributed by atoms with van der Waals surface area (Å²) in [6, 6.07) is 6.11. The molecule has 0 bridgehead atoms. The van der Waals surface area contributed by atoms with E-state index in [0.717, 1.165) is 53.6 Å². The van der Waals surface area contributed by atoms with E-state index < -0.39 is 17.4 Å². The van der Waals surface area contributed by atoms with Crippen LogP contribution in [0.15, 0.2) is 24.4 Å². The van der Waals surface area contributed by atoms with E-state index in [1.54, 1.807) is 33.9 Å². The van der Waals surface area contributed by atoms with Crippen LogP contribution in [-0.2, 0) is 29.4 Å². The Balaban J connectivity index is 0.000000299. The molecule has 0 radical (unpaired) electrons. The SMILES string of the molecule is CC(C)(C)O.CCCN(CCC)C1CCOCC1.Cc1nc2c(cc(-c3nccc(C(C)C)n3)n2C)c(-c2cc(F)c3c(c2C)CCCO3)c1CC(=O)O. The standard InChI is InChI=1S/C28H29FN4O3.C11H23NO.C4H10O/c1-14(2)22-8-9-30-27(32-22)23-12-20-25(19(13-24(34)35)16(4)31-28(20)33(23)5)18-11-21(29)26-17(15(18)3)7-6-10-36-26;1-3-7-12(8-4-2)11-5-9-13-10-6-11;1-4(2,3)5/h8-9,11-12,14H,6-7,10,13H2,1-5H3,(H,34,35);11H,3-10H2,1-2H3;5H,1-3H3. The van der Waals surface area contributed by atoms with Gasteiger partial charge >= 0.3 is 5.97 Å². The van der Waals surface area contributed by atoms with Crippen molar-refractivity contribution in [3.8, 4) is 28.4 Å². The van der Waals surface area contributed by atoms with Gasteiger partial charge in [0.1, 0.15) is 5.65 Å². The molecule has 2 aliphatic rings. The summed E-state index contributed by atoms with van der Waals surface area (Å²) in [6.45, 7) is 22.6. The lowest BCUT2D eigenvalue weighted by Gasteiger charge is -2.33. The summed E-state index contributed by atoms with van der Waals surface area (Å²) in [6.07, 6.45) is 8.07. The molecule has 3 aromatic heterocycles. The second-order valence-corrected chi connectivity index (χ2v) is 15.7. The van der Waals surface area contributed by atoms with Gasteiger partial charge in [0.2, 0.25) is 0 Å². The lowest BCUT2D eigenvalue weighted by atomic mass is 9.87. The third kappa shape index (κ3) is 10.9. The molecule has 10 nitrogen and oxygen atoms in total. The number of benzene rings is 1. The van der Waals surface area contributed by atoms with Gasteiger partial charge in [0.25, 0.3) is 0 Å². The molecule has 4 aromatic rings. The van der Waals surface area contributed by atoms with Gasteiger partial charge in [0, 0.05) is 54.8 Å². The van der Waals surface area contributed by atoms with Gasteiger partial charge in [-0.15, -0.1) is 0 Å². The summed E-state index contributed by atoms with van der Waals surface area (Å²) in [5, 5.41) is 19.0. The second kappa shape index (κ2) is 19.1. The molecule has 0 spiro atoms. The second-order valence-electron chi connectivity index (χ2n) is 15.7. The number of carboxylic acids is 1. The summed E-state index contributed by atoms with van der Waals surface area (Å²) in [5.74, 6) is -0.297. The maximum absolute atomic E-state index is 15.3. The predicted molar refractivity (Wildman–Crippen MR) is 214 cm³/mol. The van der Waals surface area contributed by atoms with E-state index >= 15 is 4.39 Å². The Bertz CT molecular complexity index is 1860. The molecule has 2 N–H and O–H groups in total. The molecule has 0 atom stereocenters. The number of rotatable bonds is 10. The highest BCUT2D eigenvalue weighted by Crippen LogP contribution is 2.43. The van der Waals surface area contributed by atoms with Crippen molar-refractivity contribution in [1.29, 1.82) is 0 Å². The molecule has 11 heteroatoms. The Labute approximate surface area is 321 Å². The zero-order chi connectivity index (χ0) is 39.7. The van der Waals surface area contributed by atoms with Gasteiger partial charge < -0.3 is 29.2 Å². The van der Waals surface area contributed by atoms with Crippen molar-refractivity contribution in [3.63, 3.8) is 0 Å². The van der Waals surface area contributed by atoms with Crippen LogP contribution in [-0.4, -0.2) is 85.2 Å². The Morgan fingerprint density at radius 1 is 1.07 bits per heavy atom. The monoisotopic (exact) mass is 747 g/mol. The highest BCUT2D eigenvalue weighted by molar-refractivity contribution is 6.00. The number of pyridine rings is 1. The Kier molecular flexibility index (Phi) is 15.1. The Hall–Kier alpha value is -3.93.